The lowest BCUT2D eigenvalue weighted by molar-refractivity contribution is -0.142. The number of esters is 1. The Labute approximate surface area is 114 Å². The molecule has 2 heterocycles. The van der Waals surface area contributed by atoms with E-state index in [2.05, 4.69) is 15.2 Å². The molecule has 6 nitrogen and oxygen atoms in total. The van der Waals surface area contributed by atoms with Gasteiger partial charge in [0.15, 0.2) is 0 Å². The van der Waals surface area contributed by atoms with Gasteiger partial charge in [-0.1, -0.05) is 11.8 Å². The highest BCUT2D eigenvalue weighted by Gasteiger charge is 2.19. The van der Waals surface area contributed by atoms with E-state index in [1.54, 1.807) is 38.4 Å². The van der Waals surface area contributed by atoms with Crippen molar-refractivity contribution in [3.05, 3.63) is 24.5 Å². The lowest BCUT2D eigenvalue weighted by atomic mass is 10.3. The maximum Gasteiger partial charge on any atom is 0.319 e. The zero-order valence-electron chi connectivity index (χ0n) is 10.6. The third-order valence-electron chi connectivity index (χ3n) is 2.23. The van der Waals surface area contributed by atoms with E-state index in [0.29, 0.717) is 17.7 Å². The first kappa shape index (κ1) is 13.5. The van der Waals surface area contributed by atoms with Gasteiger partial charge >= 0.3 is 5.97 Å². The van der Waals surface area contributed by atoms with E-state index < -0.39 is 0 Å². The molecule has 0 radical (unpaired) electrons. The molecule has 2 aromatic heterocycles. The van der Waals surface area contributed by atoms with Crippen molar-refractivity contribution >= 4 is 17.7 Å². The Morgan fingerprint density at radius 1 is 1.42 bits per heavy atom. The molecule has 2 aromatic rings. The summed E-state index contributed by atoms with van der Waals surface area (Å²) in [4.78, 5) is 15.4. The average Bonchev–Trinajstić information content (AvgIpc) is 2.88. The van der Waals surface area contributed by atoms with Gasteiger partial charge in [0.05, 0.1) is 6.61 Å². The quantitative estimate of drug-likeness (QED) is 0.613. The second-order valence-corrected chi connectivity index (χ2v) is 4.91. The summed E-state index contributed by atoms with van der Waals surface area (Å²) in [6.07, 6.45) is 3.29. The van der Waals surface area contributed by atoms with Crippen LogP contribution in [0.25, 0.3) is 11.5 Å². The van der Waals surface area contributed by atoms with Crippen LogP contribution in [0.5, 0.6) is 0 Å². The van der Waals surface area contributed by atoms with Crippen LogP contribution in [0.4, 0.5) is 0 Å². The summed E-state index contributed by atoms with van der Waals surface area (Å²) in [6, 6.07) is 3.55. The van der Waals surface area contributed by atoms with Crippen LogP contribution in [0.2, 0.25) is 0 Å². The Bertz CT molecular complexity index is 544. The molecule has 0 amide bonds. The lowest BCUT2D eigenvalue weighted by Crippen LogP contribution is -2.16. The maximum atomic E-state index is 11.5. The maximum absolute atomic E-state index is 11.5. The second kappa shape index (κ2) is 6.33. The molecule has 1 unspecified atom stereocenters. The van der Waals surface area contributed by atoms with Crippen molar-refractivity contribution in [1.82, 2.24) is 15.2 Å². The first-order valence-electron chi connectivity index (χ1n) is 5.78. The van der Waals surface area contributed by atoms with Gasteiger partial charge in [0.25, 0.3) is 5.22 Å². The molecule has 0 aliphatic rings. The minimum atomic E-state index is -0.384. The SMILES string of the molecule is CCOC(=O)C(C)Sc1nnc(-c2ccncc2)o1. The summed E-state index contributed by atoms with van der Waals surface area (Å²) in [7, 11) is 0. The van der Waals surface area contributed by atoms with Crippen LogP contribution in [-0.4, -0.2) is 33.0 Å². The van der Waals surface area contributed by atoms with Crippen molar-refractivity contribution in [2.75, 3.05) is 6.61 Å². The molecule has 1 atom stereocenters. The van der Waals surface area contributed by atoms with Crippen molar-refractivity contribution in [1.29, 1.82) is 0 Å². The van der Waals surface area contributed by atoms with Crippen LogP contribution >= 0.6 is 11.8 Å². The molecule has 0 N–H and O–H groups in total. The van der Waals surface area contributed by atoms with Crippen LogP contribution in [0.15, 0.2) is 34.2 Å². The van der Waals surface area contributed by atoms with Crippen LogP contribution in [-0.2, 0) is 9.53 Å². The number of carbonyl (C=O) groups excluding carboxylic acids is 1. The number of hydrogen-bond acceptors (Lipinski definition) is 7. The molecule has 0 fully saturated rings. The third kappa shape index (κ3) is 3.54. The fraction of sp³-hybridized carbons (Fsp3) is 0.333. The normalized spacial score (nSPS) is 12.1. The summed E-state index contributed by atoms with van der Waals surface area (Å²) < 4.78 is 10.4. The standard InChI is InChI=1S/C12H13N3O3S/c1-3-17-11(16)8(2)19-12-15-14-10(18-12)9-4-6-13-7-5-9/h4-8H,3H2,1-2H3. The second-order valence-electron chi connectivity index (χ2n) is 3.62. The number of rotatable bonds is 5. The highest BCUT2D eigenvalue weighted by Crippen LogP contribution is 2.26. The number of aromatic nitrogens is 3. The molecule has 0 bridgehead atoms. The van der Waals surface area contributed by atoms with Gasteiger partial charge in [0.1, 0.15) is 5.25 Å². The van der Waals surface area contributed by atoms with Gasteiger partial charge in [-0.15, -0.1) is 10.2 Å². The molecule has 0 spiro atoms. The van der Waals surface area contributed by atoms with Crippen LogP contribution in [0, 0.1) is 0 Å². The van der Waals surface area contributed by atoms with Gasteiger partial charge in [-0.05, 0) is 26.0 Å². The third-order valence-corrected chi connectivity index (χ3v) is 3.14. The van der Waals surface area contributed by atoms with E-state index in [1.807, 2.05) is 0 Å². The van der Waals surface area contributed by atoms with Gasteiger partial charge in [-0.2, -0.15) is 0 Å². The molecule has 7 heteroatoms. The highest BCUT2D eigenvalue weighted by molar-refractivity contribution is 8.00. The Kier molecular flexibility index (Phi) is 4.51. The summed E-state index contributed by atoms with van der Waals surface area (Å²) >= 11 is 1.18. The fourth-order valence-electron chi connectivity index (χ4n) is 1.33. The summed E-state index contributed by atoms with van der Waals surface area (Å²) in [5.41, 5.74) is 0.790. The van der Waals surface area contributed by atoms with Gasteiger partial charge < -0.3 is 9.15 Å². The molecule has 0 aliphatic heterocycles. The number of nitrogens with zero attached hydrogens (tertiary/aromatic N) is 3. The van der Waals surface area contributed by atoms with E-state index in [0.717, 1.165) is 5.56 Å². The van der Waals surface area contributed by atoms with Crippen LogP contribution in [0.1, 0.15) is 13.8 Å². The minimum absolute atomic E-state index is 0.295. The minimum Gasteiger partial charge on any atom is -0.465 e. The number of carbonyl (C=O) groups is 1. The highest BCUT2D eigenvalue weighted by atomic mass is 32.2. The Balaban J connectivity index is 2.04. The van der Waals surface area contributed by atoms with E-state index in [-0.39, 0.29) is 11.2 Å². The molecular formula is C12H13N3O3S. The van der Waals surface area contributed by atoms with Gasteiger partial charge in [0, 0.05) is 18.0 Å². The van der Waals surface area contributed by atoms with Crippen molar-refractivity contribution in [3.8, 4) is 11.5 Å². The molecule has 0 saturated carbocycles. The van der Waals surface area contributed by atoms with Gasteiger partial charge in [-0.3, -0.25) is 9.78 Å². The molecule has 0 saturated heterocycles. The van der Waals surface area contributed by atoms with Crippen LogP contribution in [0.3, 0.4) is 0 Å². The molecule has 0 aliphatic carbocycles. The summed E-state index contributed by atoms with van der Waals surface area (Å²) in [6.45, 7) is 3.86. The number of ether oxygens (including phenoxy) is 1. The number of hydrogen-bond donors (Lipinski definition) is 0. The van der Waals surface area contributed by atoms with Crippen molar-refractivity contribution in [2.24, 2.45) is 0 Å². The summed E-state index contributed by atoms with van der Waals surface area (Å²) in [5.74, 6) is 0.108. The van der Waals surface area contributed by atoms with E-state index >= 15 is 0 Å². The van der Waals surface area contributed by atoms with E-state index in [1.165, 1.54) is 11.8 Å². The summed E-state index contributed by atoms with van der Waals surface area (Å²) in [5, 5.41) is 7.78. The smallest absolute Gasteiger partial charge is 0.319 e. The zero-order valence-corrected chi connectivity index (χ0v) is 11.4. The van der Waals surface area contributed by atoms with Crippen molar-refractivity contribution in [3.63, 3.8) is 0 Å². The molecular weight excluding hydrogens is 266 g/mol. The monoisotopic (exact) mass is 279 g/mol. The van der Waals surface area contributed by atoms with E-state index in [4.69, 9.17) is 9.15 Å². The Hall–Kier alpha value is -1.89. The largest absolute Gasteiger partial charge is 0.465 e. The van der Waals surface area contributed by atoms with Crippen molar-refractivity contribution < 1.29 is 13.9 Å². The Morgan fingerprint density at radius 2 is 2.16 bits per heavy atom. The van der Waals surface area contributed by atoms with E-state index in [9.17, 15) is 4.79 Å². The number of pyridine rings is 1. The predicted molar refractivity (Wildman–Crippen MR) is 69.5 cm³/mol. The Morgan fingerprint density at radius 3 is 2.84 bits per heavy atom. The predicted octanol–water partition coefficient (Wildman–Crippen LogP) is 2.18. The molecule has 0 aromatic carbocycles. The first-order chi connectivity index (χ1) is 9.20. The molecule has 100 valence electrons. The van der Waals surface area contributed by atoms with Crippen molar-refractivity contribution in [2.45, 2.75) is 24.3 Å². The fourth-order valence-corrected chi connectivity index (χ4v) is 2.01. The first-order valence-corrected chi connectivity index (χ1v) is 6.66. The molecule has 2 rings (SSSR count). The van der Waals surface area contributed by atoms with Crippen LogP contribution < -0.4 is 0 Å². The zero-order chi connectivity index (χ0) is 13.7. The number of thioether (sulfide) groups is 1. The lowest BCUT2D eigenvalue weighted by Gasteiger charge is -2.06. The van der Waals surface area contributed by atoms with Gasteiger partial charge in [-0.25, -0.2) is 0 Å². The van der Waals surface area contributed by atoms with Gasteiger partial charge in [0.2, 0.25) is 5.89 Å². The topological polar surface area (TPSA) is 78.1 Å². The molecule has 19 heavy (non-hydrogen) atoms. The average molecular weight is 279 g/mol.